The molecule has 6 nitrogen and oxygen atoms in total. The van der Waals surface area contributed by atoms with Crippen LogP contribution in [-0.2, 0) is 34.5 Å². The first-order valence-electron chi connectivity index (χ1n) is 19.9. The van der Waals surface area contributed by atoms with Crippen LogP contribution in [0.5, 0.6) is 5.75 Å². The van der Waals surface area contributed by atoms with Gasteiger partial charge in [-0.3, -0.25) is 0 Å². The molecule has 1 aromatic heterocycles. The Balaban J connectivity index is 1.28. The molecule has 0 N–H and O–H groups in total. The first-order chi connectivity index (χ1) is 25.6. The molecule has 2 aliphatic carbocycles. The topological polar surface area (TPSA) is 56.6 Å². The maximum Gasteiger partial charge on any atom is 0.344 e. The number of aromatic nitrogens is 2. The summed E-state index contributed by atoms with van der Waals surface area (Å²) in [6.07, 6.45) is 5.95. The highest BCUT2D eigenvalue weighted by molar-refractivity contribution is 5.86. The molecule has 284 valence electrons. The third-order valence-corrected chi connectivity index (χ3v) is 12.1. The summed E-state index contributed by atoms with van der Waals surface area (Å²) in [4.78, 5) is 20.1. The fourth-order valence-electron chi connectivity index (χ4n) is 9.70. The van der Waals surface area contributed by atoms with Crippen molar-refractivity contribution in [1.82, 2.24) is 14.5 Å². The molecule has 4 aromatic carbocycles. The van der Waals surface area contributed by atoms with Crippen LogP contribution in [0.4, 0.5) is 0 Å². The molecule has 5 aromatic rings. The third-order valence-electron chi connectivity index (χ3n) is 12.1. The van der Waals surface area contributed by atoms with E-state index in [1.807, 2.05) is 39.0 Å². The molecular weight excluding hydrogens is 667 g/mol. The van der Waals surface area contributed by atoms with Crippen LogP contribution in [0.1, 0.15) is 102 Å². The van der Waals surface area contributed by atoms with E-state index in [1.54, 1.807) is 11.1 Å². The molecule has 7 rings (SSSR count). The Labute approximate surface area is 322 Å². The summed E-state index contributed by atoms with van der Waals surface area (Å²) in [5.74, 6) is 2.25. The van der Waals surface area contributed by atoms with Gasteiger partial charge in [0.05, 0.1) is 11.0 Å². The minimum Gasteiger partial charge on any atom is -0.482 e. The van der Waals surface area contributed by atoms with E-state index in [4.69, 9.17) is 14.5 Å². The number of rotatable bonds is 10. The summed E-state index contributed by atoms with van der Waals surface area (Å²) in [5, 5.41) is 0. The van der Waals surface area contributed by atoms with Crippen LogP contribution in [0.15, 0.2) is 84.9 Å². The van der Waals surface area contributed by atoms with Gasteiger partial charge in [-0.25, -0.2) is 9.78 Å². The van der Waals surface area contributed by atoms with E-state index in [0.29, 0.717) is 17.6 Å². The largest absolute Gasteiger partial charge is 0.482 e. The lowest BCUT2D eigenvalue weighted by Crippen LogP contribution is -2.50. The van der Waals surface area contributed by atoms with Crippen LogP contribution in [0, 0.1) is 11.3 Å². The van der Waals surface area contributed by atoms with Gasteiger partial charge in [0, 0.05) is 18.7 Å². The second kappa shape index (κ2) is 14.7. The van der Waals surface area contributed by atoms with Crippen LogP contribution in [0.2, 0.25) is 0 Å². The normalized spacial score (nSPS) is 21.3. The Morgan fingerprint density at radius 2 is 1.69 bits per heavy atom. The lowest BCUT2D eigenvalue weighted by Gasteiger charge is -2.56. The van der Waals surface area contributed by atoms with Gasteiger partial charge in [0.1, 0.15) is 17.2 Å². The van der Waals surface area contributed by atoms with Crippen molar-refractivity contribution in [1.29, 1.82) is 0 Å². The van der Waals surface area contributed by atoms with Crippen LogP contribution in [0.25, 0.3) is 33.5 Å². The Morgan fingerprint density at radius 1 is 0.926 bits per heavy atom. The number of aryl methyl sites for hydroxylation is 1. The summed E-state index contributed by atoms with van der Waals surface area (Å²) >= 11 is 0. The molecule has 0 saturated heterocycles. The van der Waals surface area contributed by atoms with Gasteiger partial charge in [-0.15, -0.1) is 0 Å². The highest BCUT2D eigenvalue weighted by Crippen LogP contribution is 2.58. The Bertz CT molecular complexity index is 2160. The highest BCUT2D eigenvalue weighted by Gasteiger charge is 2.52. The Morgan fingerprint density at radius 3 is 2.44 bits per heavy atom. The van der Waals surface area contributed by atoms with E-state index in [2.05, 4.69) is 118 Å². The first-order valence-corrected chi connectivity index (χ1v) is 19.9. The predicted molar refractivity (Wildman–Crippen MR) is 221 cm³/mol. The lowest BCUT2D eigenvalue weighted by atomic mass is 9.49. The molecule has 0 bridgehead atoms. The molecule has 3 atom stereocenters. The Kier molecular flexibility index (Phi) is 10.3. The number of hydrogen-bond donors (Lipinski definition) is 0. The molecule has 1 heterocycles. The minimum absolute atomic E-state index is 0.0633. The summed E-state index contributed by atoms with van der Waals surface area (Å²) in [6.45, 7) is 16.9. The van der Waals surface area contributed by atoms with Gasteiger partial charge < -0.3 is 18.9 Å². The highest BCUT2D eigenvalue weighted by atomic mass is 16.6. The van der Waals surface area contributed by atoms with Crippen LogP contribution < -0.4 is 4.74 Å². The fraction of sp³-hybridized carbons (Fsp3) is 0.458. The molecule has 6 heteroatoms. The van der Waals surface area contributed by atoms with E-state index >= 15 is 0 Å². The number of carbonyl (C=O) groups excluding carboxylic acids is 1. The number of hydrogen-bond acceptors (Lipinski definition) is 5. The van der Waals surface area contributed by atoms with E-state index in [1.165, 1.54) is 42.4 Å². The molecule has 0 unspecified atom stereocenters. The van der Waals surface area contributed by atoms with Crippen molar-refractivity contribution in [3.63, 3.8) is 0 Å². The fourth-order valence-corrected chi connectivity index (χ4v) is 9.70. The summed E-state index contributed by atoms with van der Waals surface area (Å²) in [5.41, 5.74) is 10.9. The Hall–Kier alpha value is -4.42. The molecule has 0 aliphatic heterocycles. The van der Waals surface area contributed by atoms with Crippen molar-refractivity contribution >= 4 is 17.0 Å². The molecule has 54 heavy (non-hydrogen) atoms. The molecule has 2 aliphatic rings. The number of fused-ring (bicyclic) bond motifs is 4. The zero-order valence-electron chi connectivity index (χ0n) is 34.0. The van der Waals surface area contributed by atoms with Gasteiger partial charge in [0.25, 0.3) is 0 Å². The quantitative estimate of drug-likeness (QED) is 0.134. The van der Waals surface area contributed by atoms with Crippen molar-refractivity contribution in [3.8, 4) is 28.3 Å². The second-order valence-electron chi connectivity index (χ2n) is 18.2. The molecule has 1 saturated carbocycles. The monoisotopic (exact) mass is 725 g/mol. The average molecular weight is 726 g/mol. The van der Waals surface area contributed by atoms with E-state index < -0.39 is 5.60 Å². The summed E-state index contributed by atoms with van der Waals surface area (Å²) in [6, 6.07) is 31.0. The number of nitrogens with zero attached hydrogens (tertiary/aromatic N) is 3. The van der Waals surface area contributed by atoms with Gasteiger partial charge in [-0.1, -0.05) is 88.7 Å². The molecule has 0 spiro atoms. The van der Waals surface area contributed by atoms with Gasteiger partial charge >= 0.3 is 5.97 Å². The summed E-state index contributed by atoms with van der Waals surface area (Å²) < 4.78 is 14.0. The molecular formula is C48H59N3O3. The van der Waals surface area contributed by atoms with Crippen molar-refractivity contribution in [2.45, 2.75) is 111 Å². The zero-order valence-corrected chi connectivity index (χ0v) is 34.0. The lowest BCUT2D eigenvalue weighted by molar-refractivity contribution is -0.157. The van der Waals surface area contributed by atoms with Crippen LogP contribution >= 0.6 is 0 Å². The smallest absolute Gasteiger partial charge is 0.344 e. The molecule has 1 fully saturated rings. The minimum atomic E-state index is -0.567. The van der Waals surface area contributed by atoms with Gasteiger partial charge in [-0.2, -0.15) is 0 Å². The second-order valence-corrected chi connectivity index (χ2v) is 18.2. The standard InChI is InChI=1S/C48H59N3O3/c1-32(2)34-17-20-40-37(26-34)19-22-43-47(6,23-12-24-48(40,43)7)31-51-42-21-18-36(35-14-10-13-33(25-35)29-50(8)9)28-41(42)49-45(51)38-15-11-16-39(27-38)53-30-44(52)54-46(3,4)5/h10-11,13-18,20-21,25-28,32,43H,12,19,22-24,29-31H2,1-9H3/t43-,47+,48+/m0/s1. The maximum absolute atomic E-state index is 12.5. The van der Waals surface area contributed by atoms with E-state index in [0.717, 1.165) is 47.5 Å². The van der Waals surface area contributed by atoms with Crippen LogP contribution in [0.3, 0.4) is 0 Å². The average Bonchev–Trinajstić information content (AvgIpc) is 3.46. The SMILES string of the molecule is CC(C)c1ccc2c(c1)CC[C@H]1[C@@](C)(Cn3c(-c4cccc(OCC(=O)OC(C)(C)C)c4)nc4cc(-c5cccc(CN(C)C)c5)ccc43)CCC[C@]21C. The van der Waals surface area contributed by atoms with E-state index in [9.17, 15) is 4.79 Å². The van der Waals surface area contributed by atoms with Crippen molar-refractivity contribution in [2.75, 3.05) is 20.7 Å². The van der Waals surface area contributed by atoms with Gasteiger partial charge in [0.2, 0.25) is 0 Å². The molecule has 0 amide bonds. The molecule has 0 radical (unpaired) electrons. The maximum atomic E-state index is 12.5. The van der Waals surface area contributed by atoms with Gasteiger partial charge in [-0.05, 0) is 147 Å². The number of ether oxygens (including phenoxy) is 2. The number of carbonyl (C=O) groups is 1. The predicted octanol–water partition coefficient (Wildman–Crippen LogP) is 11.0. The van der Waals surface area contributed by atoms with Gasteiger partial charge in [0.15, 0.2) is 6.61 Å². The van der Waals surface area contributed by atoms with Crippen molar-refractivity contribution < 1.29 is 14.3 Å². The third kappa shape index (κ3) is 7.73. The summed E-state index contributed by atoms with van der Waals surface area (Å²) in [7, 11) is 4.21. The zero-order chi connectivity index (χ0) is 38.4. The van der Waals surface area contributed by atoms with E-state index in [-0.39, 0.29) is 23.4 Å². The van der Waals surface area contributed by atoms with Crippen molar-refractivity contribution in [2.24, 2.45) is 11.3 Å². The van der Waals surface area contributed by atoms with Crippen LogP contribution in [-0.4, -0.2) is 46.7 Å². The number of benzene rings is 4. The number of esters is 1. The number of imidazole rings is 1. The van der Waals surface area contributed by atoms with Crippen molar-refractivity contribution in [3.05, 3.63) is 107 Å². The first kappa shape index (κ1) is 37.9.